The van der Waals surface area contributed by atoms with Crippen molar-refractivity contribution in [2.45, 2.75) is 23.0 Å². The van der Waals surface area contributed by atoms with Crippen LogP contribution >= 0.6 is 34.4 Å². The summed E-state index contributed by atoms with van der Waals surface area (Å²) in [4.78, 5) is 14.2. The minimum atomic E-state index is 0.394. The highest BCUT2D eigenvalue weighted by Crippen LogP contribution is 2.37. The van der Waals surface area contributed by atoms with Crippen molar-refractivity contribution in [3.05, 3.63) is 27.6 Å². The summed E-state index contributed by atoms with van der Waals surface area (Å²) in [5.74, 6) is 0.394. The Morgan fingerprint density at radius 1 is 1.33 bits per heavy atom. The highest BCUT2D eigenvalue weighted by Gasteiger charge is 2.18. The van der Waals surface area contributed by atoms with Crippen LogP contribution in [0.4, 0.5) is 11.5 Å². The first kappa shape index (κ1) is 15.9. The highest BCUT2D eigenvalue weighted by atomic mass is 127. The van der Waals surface area contributed by atoms with E-state index in [1.54, 1.807) is 11.8 Å². The number of anilines is 2. The molecule has 0 aliphatic carbocycles. The summed E-state index contributed by atoms with van der Waals surface area (Å²) in [6.07, 6.45) is 2.52. The molecule has 0 bridgehead atoms. The minimum Gasteiger partial charge on any atom is -0.384 e. The Hall–Kier alpha value is -1.59. The van der Waals surface area contributed by atoms with Gasteiger partial charge in [0.15, 0.2) is 22.1 Å². The average molecular weight is 453 g/mol. The van der Waals surface area contributed by atoms with Gasteiger partial charge in [-0.15, -0.1) is 0 Å². The van der Waals surface area contributed by atoms with Crippen LogP contribution in [0.3, 0.4) is 0 Å². The molecule has 0 spiro atoms. The Morgan fingerprint density at radius 2 is 2.21 bits per heavy atom. The maximum absolute atomic E-state index is 5.95. The fraction of sp³-hybridized carbons (Fsp3) is 0.267. The van der Waals surface area contributed by atoms with Crippen LogP contribution in [0.1, 0.15) is 5.56 Å². The lowest BCUT2D eigenvalue weighted by Gasteiger charge is -2.09. The van der Waals surface area contributed by atoms with Crippen molar-refractivity contribution < 1.29 is 0 Å². The molecule has 5 N–H and O–H groups in total. The Bertz CT molecular complexity index is 924. The van der Waals surface area contributed by atoms with Gasteiger partial charge in [-0.3, -0.25) is 0 Å². The van der Waals surface area contributed by atoms with Gasteiger partial charge in [-0.1, -0.05) is 11.8 Å². The normalized spacial score (nSPS) is 13.2. The lowest BCUT2D eigenvalue weighted by molar-refractivity contribution is 0.657. The standard InChI is InChI=1S/C15H16IN7S/c16-9-6-10-8(1-3-19-10)5-11(9)24-15-22-12-13(18)20-7-21-14(12)23(15)4-2-17/h5-7,19H,1-4,17H2,(H2,18,20,21). The molecular formula is C15H16IN7S. The molecule has 0 fully saturated rings. The Morgan fingerprint density at radius 3 is 3.04 bits per heavy atom. The number of nitrogens with one attached hydrogen (secondary N) is 1. The summed E-state index contributed by atoms with van der Waals surface area (Å²) < 4.78 is 3.20. The van der Waals surface area contributed by atoms with Crippen LogP contribution in [-0.4, -0.2) is 32.6 Å². The number of halogens is 1. The van der Waals surface area contributed by atoms with Crippen molar-refractivity contribution in [3.8, 4) is 0 Å². The third kappa shape index (κ3) is 2.70. The first-order chi connectivity index (χ1) is 11.7. The number of benzene rings is 1. The SMILES string of the molecule is NCCn1c(Sc2cc3c(cc2I)NCC3)nc2c(N)ncnc21. The van der Waals surface area contributed by atoms with E-state index in [0.717, 1.165) is 23.8 Å². The van der Waals surface area contributed by atoms with E-state index in [0.29, 0.717) is 24.4 Å². The van der Waals surface area contributed by atoms with E-state index in [4.69, 9.17) is 11.5 Å². The molecule has 1 aliphatic rings. The van der Waals surface area contributed by atoms with Crippen LogP contribution in [0.5, 0.6) is 0 Å². The molecule has 1 aromatic carbocycles. The molecule has 9 heteroatoms. The third-order valence-electron chi connectivity index (χ3n) is 3.95. The van der Waals surface area contributed by atoms with Gasteiger partial charge >= 0.3 is 0 Å². The summed E-state index contributed by atoms with van der Waals surface area (Å²) in [5, 5.41) is 4.25. The lowest BCUT2D eigenvalue weighted by atomic mass is 10.2. The molecule has 7 nitrogen and oxygen atoms in total. The van der Waals surface area contributed by atoms with Crippen LogP contribution in [0.15, 0.2) is 28.5 Å². The maximum Gasteiger partial charge on any atom is 0.175 e. The molecule has 0 atom stereocenters. The van der Waals surface area contributed by atoms with Crippen LogP contribution in [0.2, 0.25) is 0 Å². The second-order valence-electron chi connectivity index (χ2n) is 5.48. The fourth-order valence-electron chi connectivity index (χ4n) is 2.82. The summed E-state index contributed by atoms with van der Waals surface area (Å²) in [5.41, 5.74) is 15.7. The molecule has 124 valence electrons. The molecule has 0 amide bonds. The summed E-state index contributed by atoms with van der Waals surface area (Å²) in [6, 6.07) is 4.43. The lowest BCUT2D eigenvalue weighted by Crippen LogP contribution is -2.11. The number of nitrogens with two attached hydrogens (primary N) is 2. The number of fused-ring (bicyclic) bond motifs is 2. The largest absolute Gasteiger partial charge is 0.384 e. The number of hydrogen-bond donors (Lipinski definition) is 3. The molecule has 1 aliphatic heterocycles. The number of imidazole rings is 1. The van der Waals surface area contributed by atoms with Crippen molar-refractivity contribution in [1.82, 2.24) is 19.5 Å². The van der Waals surface area contributed by atoms with Gasteiger partial charge in [0.25, 0.3) is 0 Å². The number of nitrogen functional groups attached to an aromatic ring is 1. The molecule has 24 heavy (non-hydrogen) atoms. The van der Waals surface area contributed by atoms with Crippen molar-refractivity contribution in [2.75, 3.05) is 24.1 Å². The van der Waals surface area contributed by atoms with Crippen LogP contribution < -0.4 is 16.8 Å². The van der Waals surface area contributed by atoms with Crippen molar-refractivity contribution >= 4 is 57.0 Å². The van der Waals surface area contributed by atoms with E-state index in [9.17, 15) is 0 Å². The first-order valence-electron chi connectivity index (χ1n) is 7.58. The minimum absolute atomic E-state index is 0.394. The van der Waals surface area contributed by atoms with Crippen molar-refractivity contribution in [3.63, 3.8) is 0 Å². The van der Waals surface area contributed by atoms with Gasteiger partial charge in [0.2, 0.25) is 0 Å². The Labute approximate surface area is 156 Å². The molecule has 3 aromatic rings. The van der Waals surface area contributed by atoms with Gasteiger partial charge in [0.1, 0.15) is 6.33 Å². The van der Waals surface area contributed by atoms with Crippen LogP contribution in [-0.2, 0) is 13.0 Å². The van der Waals surface area contributed by atoms with E-state index in [1.807, 2.05) is 4.57 Å². The van der Waals surface area contributed by atoms with Gasteiger partial charge in [-0.25, -0.2) is 15.0 Å². The molecule has 0 unspecified atom stereocenters. The number of aromatic nitrogens is 4. The van der Waals surface area contributed by atoms with E-state index < -0.39 is 0 Å². The van der Waals surface area contributed by atoms with Gasteiger partial charge < -0.3 is 21.4 Å². The molecule has 4 rings (SSSR count). The predicted octanol–water partition coefficient (Wildman–Crippen LogP) is 2.09. The topological polar surface area (TPSA) is 108 Å². The van der Waals surface area contributed by atoms with Gasteiger partial charge in [-0.05, 0) is 46.7 Å². The summed E-state index contributed by atoms with van der Waals surface area (Å²) in [6.45, 7) is 2.14. The smallest absolute Gasteiger partial charge is 0.175 e. The highest BCUT2D eigenvalue weighted by molar-refractivity contribution is 14.1. The van der Waals surface area contributed by atoms with E-state index in [2.05, 4.69) is 55.0 Å². The van der Waals surface area contributed by atoms with Crippen molar-refractivity contribution in [1.29, 1.82) is 0 Å². The number of nitrogens with zero attached hydrogens (tertiary/aromatic N) is 4. The Kier molecular flexibility index (Phi) is 4.22. The average Bonchev–Trinajstić information content (AvgIpc) is 3.14. The maximum atomic E-state index is 5.95. The summed E-state index contributed by atoms with van der Waals surface area (Å²) in [7, 11) is 0. The Balaban J connectivity index is 1.80. The molecule has 0 saturated heterocycles. The molecule has 0 radical (unpaired) electrons. The van der Waals surface area contributed by atoms with Crippen molar-refractivity contribution in [2.24, 2.45) is 5.73 Å². The quantitative estimate of drug-likeness (QED) is 0.520. The van der Waals surface area contributed by atoms with Crippen LogP contribution in [0, 0.1) is 3.57 Å². The van der Waals surface area contributed by atoms with Crippen LogP contribution in [0.25, 0.3) is 11.2 Å². The fourth-order valence-corrected chi connectivity index (χ4v) is 4.59. The summed E-state index contributed by atoms with van der Waals surface area (Å²) >= 11 is 3.98. The second kappa shape index (κ2) is 6.37. The third-order valence-corrected chi connectivity index (χ3v) is 6.26. The monoisotopic (exact) mass is 453 g/mol. The number of hydrogen-bond acceptors (Lipinski definition) is 7. The number of rotatable bonds is 4. The second-order valence-corrected chi connectivity index (χ2v) is 7.66. The molecule has 2 aromatic heterocycles. The molecular weight excluding hydrogens is 437 g/mol. The zero-order valence-corrected chi connectivity index (χ0v) is 15.8. The molecule has 0 saturated carbocycles. The van der Waals surface area contributed by atoms with Gasteiger partial charge in [0.05, 0.1) is 0 Å². The zero-order valence-electron chi connectivity index (χ0n) is 12.8. The van der Waals surface area contributed by atoms with Gasteiger partial charge in [-0.2, -0.15) is 0 Å². The van der Waals surface area contributed by atoms with E-state index >= 15 is 0 Å². The van der Waals surface area contributed by atoms with E-state index in [1.165, 1.54) is 26.0 Å². The predicted molar refractivity (Wildman–Crippen MR) is 104 cm³/mol. The van der Waals surface area contributed by atoms with E-state index in [-0.39, 0.29) is 0 Å². The zero-order chi connectivity index (χ0) is 16.7. The first-order valence-corrected chi connectivity index (χ1v) is 9.48. The molecule has 3 heterocycles. The van der Waals surface area contributed by atoms with Gasteiger partial charge in [0, 0.05) is 33.8 Å².